The van der Waals surface area contributed by atoms with Crippen molar-refractivity contribution >= 4 is 45.4 Å². The second kappa shape index (κ2) is 9.54. The Morgan fingerprint density at radius 1 is 0.390 bits per heavy atom. The molecular formula is C37H25N3O. The van der Waals surface area contributed by atoms with Crippen LogP contribution in [0.2, 0.25) is 0 Å². The zero-order valence-corrected chi connectivity index (χ0v) is 22.1. The van der Waals surface area contributed by atoms with E-state index < -0.39 is 0 Å². The number of fused-ring (bicyclic) bond motifs is 9. The van der Waals surface area contributed by atoms with Gasteiger partial charge in [-0.3, -0.25) is 0 Å². The Kier molecular flexibility index (Phi) is 5.42. The van der Waals surface area contributed by atoms with Crippen LogP contribution < -0.4 is 0 Å². The first-order valence-electron chi connectivity index (χ1n) is 13.7. The van der Waals surface area contributed by atoms with E-state index in [2.05, 4.69) is 131 Å². The van der Waals surface area contributed by atoms with Crippen molar-refractivity contribution in [3.63, 3.8) is 0 Å². The SMILES string of the molecule is C1=Cc2nc1c(-c1ccccc1)c1ccc([nH]1)c1ccc([nH]1)c(-c1ccccc1)c1ccc(o1)c2-c1ccccc1. The fourth-order valence-corrected chi connectivity index (χ4v) is 5.75. The van der Waals surface area contributed by atoms with Crippen LogP contribution in [0.25, 0.3) is 78.8 Å². The molecule has 194 valence electrons. The third-order valence-corrected chi connectivity index (χ3v) is 7.64. The normalized spacial score (nSPS) is 11.8. The molecule has 8 bridgehead atoms. The third kappa shape index (κ3) is 4.05. The number of nitrogens with one attached hydrogen (secondary N) is 2. The van der Waals surface area contributed by atoms with Crippen LogP contribution in [0.1, 0.15) is 11.4 Å². The fraction of sp³-hybridized carbons (Fsp3) is 0. The van der Waals surface area contributed by atoms with Gasteiger partial charge in [-0.25, -0.2) is 4.98 Å². The van der Waals surface area contributed by atoms with Crippen LogP contribution in [0, 0.1) is 0 Å². The van der Waals surface area contributed by atoms with E-state index in [0.717, 1.165) is 78.0 Å². The highest BCUT2D eigenvalue weighted by molar-refractivity contribution is 5.98. The predicted octanol–water partition coefficient (Wildman–Crippen LogP) is 9.96. The van der Waals surface area contributed by atoms with Crippen LogP contribution in [-0.2, 0) is 0 Å². The van der Waals surface area contributed by atoms with E-state index in [4.69, 9.17) is 9.40 Å². The molecule has 5 heterocycles. The molecule has 0 saturated heterocycles. The first-order chi connectivity index (χ1) is 20.3. The zero-order valence-electron chi connectivity index (χ0n) is 22.1. The van der Waals surface area contributed by atoms with Crippen molar-refractivity contribution < 1.29 is 4.42 Å². The van der Waals surface area contributed by atoms with Gasteiger partial charge in [-0.15, -0.1) is 0 Å². The van der Waals surface area contributed by atoms with Crippen LogP contribution in [0.5, 0.6) is 0 Å². The topological polar surface area (TPSA) is 57.6 Å². The molecule has 7 aromatic rings. The lowest BCUT2D eigenvalue weighted by molar-refractivity contribution is 0.668. The van der Waals surface area contributed by atoms with Gasteiger partial charge in [0.2, 0.25) is 0 Å². The first-order valence-corrected chi connectivity index (χ1v) is 13.7. The van der Waals surface area contributed by atoms with Crippen molar-refractivity contribution in [2.45, 2.75) is 0 Å². The average Bonchev–Trinajstić information content (AvgIpc) is 3.84. The van der Waals surface area contributed by atoms with Gasteiger partial charge in [0.05, 0.1) is 33.5 Å². The number of benzene rings is 3. The Morgan fingerprint density at radius 2 is 0.805 bits per heavy atom. The van der Waals surface area contributed by atoms with Crippen LogP contribution >= 0.6 is 0 Å². The highest BCUT2D eigenvalue weighted by Crippen LogP contribution is 2.37. The summed E-state index contributed by atoms with van der Waals surface area (Å²) in [6.07, 6.45) is 4.20. The molecule has 3 aromatic carbocycles. The van der Waals surface area contributed by atoms with E-state index in [1.165, 1.54) is 0 Å². The largest absolute Gasteiger partial charge is 0.456 e. The van der Waals surface area contributed by atoms with Crippen molar-refractivity contribution in [3.05, 3.63) is 139 Å². The fourth-order valence-electron chi connectivity index (χ4n) is 5.75. The van der Waals surface area contributed by atoms with Crippen molar-refractivity contribution in [2.75, 3.05) is 0 Å². The van der Waals surface area contributed by atoms with Gasteiger partial charge in [-0.2, -0.15) is 0 Å². The van der Waals surface area contributed by atoms with Gasteiger partial charge >= 0.3 is 0 Å². The molecule has 2 N–H and O–H groups in total. The number of aromatic amines is 2. The van der Waals surface area contributed by atoms with E-state index in [0.29, 0.717) is 0 Å². The second-order valence-electron chi connectivity index (χ2n) is 10.2. The van der Waals surface area contributed by atoms with Crippen molar-refractivity contribution in [2.24, 2.45) is 0 Å². The third-order valence-electron chi connectivity index (χ3n) is 7.64. The van der Waals surface area contributed by atoms with E-state index in [-0.39, 0.29) is 0 Å². The number of nitrogens with zero attached hydrogens (tertiary/aromatic N) is 1. The number of hydrogen-bond acceptors (Lipinski definition) is 2. The maximum absolute atomic E-state index is 6.72. The highest BCUT2D eigenvalue weighted by Gasteiger charge is 2.17. The molecule has 4 aromatic heterocycles. The minimum Gasteiger partial charge on any atom is -0.456 e. The molecule has 0 amide bonds. The summed E-state index contributed by atoms with van der Waals surface area (Å²) >= 11 is 0. The molecule has 0 aliphatic carbocycles. The van der Waals surface area contributed by atoms with E-state index in [1.54, 1.807) is 0 Å². The van der Waals surface area contributed by atoms with Crippen LogP contribution in [0.3, 0.4) is 0 Å². The van der Waals surface area contributed by atoms with Gasteiger partial charge in [-0.05, 0) is 65.2 Å². The zero-order chi connectivity index (χ0) is 27.2. The molecule has 0 saturated carbocycles. The van der Waals surface area contributed by atoms with Crippen molar-refractivity contribution in [1.82, 2.24) is 15.0 Å². The Bertz CT molecular complexity index is 2180. The Morgan fingerprint density at radius 3 is 1.37 bits per heavy atom. The standard InChI is InChI=1S/C37H25N3O/c1-4-10-24(11-5-1)35-29-18-16-27(38-29)28-17-19-31(39-28)36(25-12-6-2-7-13-25)33-22-23-34(41-33)37(26-14-8-3-9-15-26)32-21-20-30(35)40-32/h1-23,38-39H. The molecular weight excluding hydrogens is 502 g/mol. The predicted molar refractivity (Wildman–Crippen MR) is 169 cm³/mol. The summed E-state index contributed by atoms with van der Waals surface area (Å²) in [6, 6.07) is 43.8. The quantitative estimate of drug-likeness (QED) is 0.240. The number of rotatable bonds is 3. The van der Waals surface area contributed by atoms with Crippen LogP contribution in [-0.4, -0.2) is 15.0 Å². The molecule has 0 atom stereocenters. The van der Waals surface area contributed by atoms with Crippen molar-refractivity contribution in [1.29, 1.82) is 0 Å². The maximum Gasteiger partial charge on any atom is 0.137 e. The average molecular weight is 528 g/mol. The molecule has 0 fully saturated rings. The molecule has 8 rings (SSSR count). The molecule has 0 unspecified atom stereocenters. The lowest BCUT2D eigenvalue weighted by Crippen LogP contribution is -1.87. The lowest BCUT2D eigenvalue weighted by atomic mass is 10.0. The summed E-state index contributed by atoms with van der Waals surface area (Å²) in [7, 11) is 0. The smallest absolute Gasteiger partial charge is 0.137 e. The second-order valence-corrected chi connectivity index (χ2v) is 10.2. The Labute approximate surface area is 236 Å². The molecule has 1 aliphatic rings. The van der Waals surface area contributed by atoms with Gasteiger partial charge in [0.25, 0.3) is 0 Å². The first kappa shape index (κ1) is 23.3. The molecule has 41 heavy (non-hydrogen) atoms. The number of aromatic nitrogens is 3. The monoisotopic (exact) mass is 527 g/mol. The minimum absolute atomic E-state index is 0.772. The maximum atomic E-state index is 6.72. The summed E-state index contributed by atoms with van der Waals surface area (Å²) in [5.41, 5.74) is 13.6. The number of furan rings is 1. The van der Waals surface area contributed by atoms with Gasteiger partial charge in [0.1, 0.15) is 11.2 Å². The van der Waals surface area contributed by atoms with E-state index in [1.807, 2.05) is 18.2 Å². The number of H-pyrrole nitrogens is 2. The molecule has 4 nitrogen and oxygen atoms in total. The summed E-state index contributed by atoms with van der Waals surface area (Å²) in [6.45, 7) is 0. The molecule has 0 spiro atoms. The lowest BCUT2D eigenvalue weighted by Gasteiger charge is -2.04. The van der Waals surface area contributed by atoms with Gasteiger partial charge < -0.3 is 14.4 Å². The van der Waals surface area contributed by atoms with Gasteiger partial charge in [0, 0.05) is 16.6 Å². The molecule has 4 heteroatoms. The van der Waals surface area contributed by atoms with Gasteiger partial charge in [0.15, 0.2) is 0 Å². The minimum atomic E-state index is 0.772. The summed E-state index contributed by atoms with van der Waals surface area (Å²) in [4.78, 5) is 12.6. The summed E-state index contributed by atoms with van der Waals surface area (Å²) in [5, 5.41) is 0. The summed E-state index contributed by atoms with van der Waals surface area (Å²) < 4.78 is 6.72. The summed E-state index contributed by atoms with van der Waals surface area (Å²) in [5.74, 6) is 0. The Hall–Kier alpha value is -5.61. The van der Waals surface area contributed by atoms with Gasteiger partial charge in [-0.1, -0.05) is 91.0 Å². The van der Waals surface area contributed by atoms with E-state index in [9.17, 15) is 0 Å². The van der Waals surface area contributed by atoms with Crippen LogP contribution in [0.15, 0.2) is 132 Å². The Balaban J connectivity index is 1.58. The molecule has 1 aliphatic heterocycles. The van der Waals surface area contributed by atoms with E-state index >= 15 is 0 Å². The highest BCUT2D eigenvalue weighted by atomic mass is 16.3. The van der Waals surface area contributed by atoms with Crippen LogP contribution in [0.4, 0.5) is 0 Å². The molecule has 0 radical (unpaired) electrons. The number of hydrogen-bond donors (Lipinski definition) is 2. The van der Waals surface area contributed by atoms with Crippen molar-refractivity contribution in [3.8, 4) is 33.4 Å².